The lowest BCUT2D eigenvalue weighted by atomic mass is 10.1. The number of ether oxygens (including phenoxy) is 1. The SMILES string of the molecule is CCC(C)NC(=O)C(CC)N(Cc1ccc(Cl)cc1Cl)C(=O)CN(c1cc(C)ccc1OC)S(C)(=O)=O. The van der Waals surface area contributed by atoms with Crippen LogP contribution in [0, 0.1) is 6.92 Å². The van der Waals surface area contributed by atoms with Gasteiger partial charge in [0.2, 0.25) is 21.8 Å². The Morgan fingerprint density at radius 3 is 2.30 bits per heavy atom. The molecule has 0 aromatic heterocycles. The minimum Gasteiger partial charge on any atom is -0.495 e. The van der Waals surface area contributed by atoms with Crippen LogP contribution in [0.1, 0.15) is 44.7 Å². The highest BCUT2D eigenvalue weighted by atomic mass is 35.5. The van der Waals surface area contributed by atoms with Crippen molar-refractivity contribution in [2.75, 3.05) is 24.2 Å². The number of hydrogen-bond donors (Lipinski definition) is 1. The number of rotatable bonds is 12. The molecular formula is C26H35Cl2N3O5S. The number of amides is 2. The third-order valence-electron chi connectivity index (χ3n) is 6.02. The first-order chi connectivity index (χ1) is 17.3. The quantitative estimate of drug-likeness (QED) is 0.394. The highest BCUT2D eigenvalue weighted by molar-refractivity contribution is 7.92. The number of nitrogens with one attached hydrogen (secondary N) is 1. The van der Waals surface area contributed by atoms with Crippen molar-refractivity contribution in [1.82, 2.24) is 10.2 Å². The minimum absolute atomic E-state index is 0.0101. The molecule has 0 radical (unpaired) electrons. The molecule has 0 aliphatic carbocycles. The van der Waals surface area contributed by atoms with Gasteiger partial charge in [-0.05, 0) is 62.1 Å². The lowest BCUT2D eigenvalue weighted by molar-refractivity contribution is -0.140. The molecule has 2 atom stereocenters. The molecule has 0 heterocycles. The molecule has 2 aromatic rings. The summed E-state index contributed by atoms with van der Waals surface area (Å²) in [6.45, 7) is 6.89. The van der Waals surface area contributed by atoms with Gasteiger partial charge in [0, 0.05) is 22.6 Å². The fourth-order valence-corrected chi connectivity index (χ4v) is 5.10. The molecule has 2 rings (SSSR count). The van der Waals surface area contributed by atoms with Crippen LogP contribution in [0.5, 0.6) is 5.75 Å². The van der Waals surface area contributed by atoms with Crippen molar-refractivity contribution >= 4 is 50.7 Å². The summed E-state index contributed by atoms with van der Waals surface area (Å²) in [5.74, 6) is -0.585. The standard InChI is InChI=1S/C26H35Cl2N3O5S/c1-7-18(4)29-26(33)22(8-2)30(15-19-10-11-20(27)14-21(19)28)25(32)16-31(37(6,34)35)23-13-17(3)9-12-24(23)36-5/h9-14,18,22H,7-8,15-16H2,1-6H3,(H,29,33). The molecule has 1 N–H and O–H groups in total. The molecule has 2 amide bonds. The maximum Gasteiger partial charge on any atom is 0.244 e. The first-order valence-electron chi connectivity index (χ1n) is 12.0. The lowest BCUT2D eigenvalue weighted by Gasteiger charge is -2.33. The van der Waals surface area contributed by atoms with E-state index in [0.717, 1.165) is 16.1 Å². The van der Waals surface area contributed by atoms with Crippen LogP contribution in [-0.2, 0) is 26.2 Å². The highest BCUT2D eigenvalue weighted by Crippen LogP contribution is 2.31. The van der Waals surface area contributed by atoms with E-state index in [1.165, 1.54) is 12.0 Å². The predicted octanol–water partition coefficient (Wildman–Crippen LogP) is 4.80. The summed E-state index contributed by atoms with van der Waals surface area (Å²) in [7, 11) is -2.47. The minimum atomic E-state index is -3.90. The third-order valence-corrected chi connectivity index (χ3v) is 7.74. The Balaban J connectivity index is 2.55. The van der Waals surface area contributed by atoms with Gasteiger partial charge in [-0.25, -0.2) is 8.42 Å². The highest BCUT2D eigenvalue weighted by Gasteiger charge is 2.33. The van der Waals surface area contributed by atoms with Gasteiger partial charge in [0.15, 0.2) is 0 Å². The van der Waals surface area contributed by atoms with Crippen molar-refractivity contribution in [3.05, 3.63) is 57.6 Å². The first kappa shape index (κ1) is 30.7. The average Bonchev–Trinajstić information content (AvgIpc) is 2.82. The monoisotopic (exact) mass is 571 g/mol. The second-order valence-corrected chi connectivity index (χ2v) is 11.7. The Labute approximate surface area is 229 Å². The fourth-order valence-electron chi connectivity index (χ4n) is 3.78. The second-order valence-electron chi connectivity index (χ2n) is 8.94. The molecule has 8 nitrogen and oxygen atoms in total. The van der Waals surface area contributed by atoms with Gasteiger partial charge in [0.05, 0.1) is 19.1 Å². The maximum atomic E-state index is 13.8. The number of nitrogens with zero attached hydrogens (tertiary/aromatic N) is 2. The number of methoxy groups -OCH3 is 1. The molecule has 2 aromatic carbocycles. The summed E-state index contributed by atoms with van der Waals surface area (Å²) in [6, 6.07) is 9.01. The van der Waals surface area contributed by atoms with Gasteiger partial charge in [0.1, 0.15) is 18.3 Å². The van der Waals surface area contributed by atoms with Crippen LogP contribution in [0.25, 0.3) is 0 Å². The Bertz CT molecular complexity index is 1220. The van der Waals surface area contributed by atoms with Gasteiger partial charge >= 0.3 is 0 Å². The van der Waals surface area contributed by atoms with Crippen LogP contribution >= 0.6 is 23.2 Å². The summed E-state index contributed by atoms with van der Waals surface area (Å²) in [4.78, 5) is 28.4. The van der Waals surface area contributed by atoms with Crippen LogP contribution < -0.4 is 14.4 Å². The maximum absolute atomic E-state index is 13.8. The summed E-state index contributed by atoms with van der Waals surface area (Å²) >= 11 is 12.4. The van der Waals surface area contributed by atoms with Crippen LogP contribution in [0.2, 0.25) is 10.0 Å². The molecule has 0 saturated heterocycles. The Morgan fingerprint density at radius 1 is 1.08 bits per heavy atom. The normalized spacial score (nSPS) is 13.0. The summed E-state index contributed by atoms with van der Waals surface area (Å²) in [6.07, 6.45) is 2.05. The van der Waals surface area contributed by atoms with E-state index in [-0.39, 0.29) is 24.2 Å². The molecule has 2 unspecified atom stereocenters. The van der Waals surface area contributed by atoms with Crippen molar-refractivity contribution in [2.45, 2.75) is 59.2 Å². The van der Waals surface area contributed by atoms with E-state index in [1.807, 2.05) is 20.8 Å². The molecule has 0 saturated carbocycles. The van der Waals surface area contributed by atoms with E-state index in [4.69, 9.17) is 27.9 Å². The molecule has 204 valence electrons. The third kappa shape index (κ3) is 8.25. The van der Waals surface area contributed by atoms with Crippen LogP contribution in [0.3, 0.4) is 0 Å². The predicted molar refractivity (Wildman–Crippen MR) is 149 cm³/mol. The molecule has 11 heteroatoms. The molecule has 0 aliphatic heterocycles. The first-order valence-corrected chi connectivity index (χ1v) is 14.6. The van der Waals surface area contributed by atoms with Crippen molar-refractivity contribution in [2.24, 2.45) is 0 Å². The number of benzene rings is 2. The van der Waals surface area contributed by atoms with E-state index in [1.54, 1.807) is 43.3 Å². The van der Waals surface area contributed by atoms with Gasteiger partial charge in [-0.3, -0.25) is 13.9 Å². The van der Waals surface area contributed by atoms with Crippen molar-refractivity contribution in [3.63, 3.8) is 0 Å². The molecular weight excluding hydrogens is 537 g/mol. The number of carbonyl (C=O) groups is 2. The molecule has 0 bridgehead atoms. The second kappa shape index (κ2) is 13.3. The van der Waals surface area contributed by atoms with E-state index < -0.39 is 28.5 Å². The smallest absolute Gasteiger partial charge is 0.244 e. The van der Waals surface area contributed by atoms with E-state index in [9.17, 15) is 18.0 Å². The van der Waals surface area contributed by atoms with E-state index >= 15 is 0 Å². The van der Waals surface area contributed by atoms with Crippen molar-refractivity contribution < 1.29 is 22.7 Å². The van der Waals surface area contributed by atoms with Crippen LogP contribution in [0.15, 0.2) is 36.4 Å². The number of carbonyl (C=O) groups excluding carboxylic acids is 2. The zero-order valence-corrected chi connectivity index (χ0v) is 24.4. The zero-order valence-electron chi connectivity index (χ0n) is 22.0. The molecule has 0 fully saturated rings. The summed E-state index contributed by atoms with van der Waals surface area (Å²) in [5.41, 5.74) is 1.61. The largest absolute Gasteiger partial charge is 0.495 e. The zero-order chi connectivity index (χ0) is 27.9. The number of halogens is 2. The molecule has 0 aliphatic rings. The summed E-state index contributed by atoms with van der Waals surface area (Å²) in [5, 5.41) is 3.70. The van der Waals surface area contributed by atoms with Gasteiger partial charge in [-0.15, -0.1) is 0 Å². The fraction of sp³-hybridized carbons (Fsp3) is 0.462. The Morgan fingerprint density at radius 2 is 1.76 bits per heavy atom. The van der Waals surface area contributed by atoms with Gasteiger partial charge in [0.25, 0.3) is 0 Å². The summed E-state index contributed by atoms with van der Waals surface area (Å²) < 4.78 is 32.1. The topological polar surface area (TPSA) is 96.0 Å². The Hall–Kier alpha value is -2.49. The van der Waals surface area contributed by atoms with Crippen LogP contribution in [0.4, 0.5) is 5.69 Å². The number of aryl methyl sites for hydroxylation is 1. The number of anilines is 1. The molecule has 0 spiro atoms. The number of hydrogen-bond acceptors (Lipinski definition) is 5. The van der Waals surface area contributed by atoms with Gasteiger partial charge < -0.3 is 15.0 Å². The van der Waals surface area contributed by atoms with Gasteiger partial charge in [-0.1, -0.05) is 49.2 Å². The number of sulfonamides is 1. The average molecular weight is 573 g/mol. The Kier molecular flexibility index (Phi) is 11.1. The van der Waals surface area contributed by atoms with Crippen LogP contribution in [-0.4, -0.2) is 57.1 Å². The van der Waals surface area contributed by atoms with E-state index in [2.05, 4.69) is 5.32 Å². The van der Waals surface area contributed by atoms with Crippen molar-refractivity contribution in [3.8, 4) is 5.75 Å². The van der Waals surface area contributed by atoms with Gasteiger partial charge in [-0.2, -0.15) is 0 Å². The molecule has 37 heavy (non-hydrogen) atoms. The van der Waals surface area contributed by atoms with Crippen molar-refractivity contribution in [1.29, 1.82) is 0 Å². The lowest BCUT2D eigenvalue weighted by Crippen LogP contribution is -2.53. The van der Waals surface area contributed by atoms with E-state index in [0.29, 0.717) is 34.2 Å².